The third kappa shape index (κ3) is 14.9. The lowest BCUT2D eigenvalue weighted by atomic mass is 10.0. The molecule has 0 heterocycles. The van der Waals surface area contributed by atoms with E-state index in [1.54, 1.807) is 54.6 Å². The van der Waals surface area contributed by atoms with Crippen LogP contribution in [0.5, 0.6) is 5.75 Å². The maximum absolute atomic E-state index is 12.7. The normalized spacial score (nSPS) is 11.7. The Bertz CT molecular complexity index is 1060. The minimum absolute atomic E-state index is 0.159. The van der Waals surface area contributed by atoms with E-state index in [4.69, 9.17) is 0 Å². The fourth-order valence-electron chi connectivity index (χ4n) is 4.64. The molecule has 0 atom stereocenters. The van der Waals surface area contributed by atoms with Gasteiger partial charge < -0.3 is 10.4 Å². The second kappa shape index (κ2) is 19.5. The number of phenolic OH excluding ortho intramolecular Hbond substituents is 1. The van der Waals surface area contributed by atoms with Gasteiger partial charge in [-0.2, -0.15) is 0 Å². The maximum Gasteiger partial charge on any atom is 0.248 e. The van der Waals surface area contributed by atoms with Crippen molar-refractivity contribution in [3.05, 3.63) is 60.2 Å². The van der Waals surface area contributed by atoms with Crippen LogP contribution in [0, 0.1) is 0 Å². The zero-order valence-electron chi connectivity index (χ0n) is 23.9. The van der Waals surface area contributed by atoms with Gasteiger partial charge in [-0.3, -0.25) is 4.79 Å². The molecule has 0 aliphatic carbocycles. The van der Waals surface area contributed by atoms with Crippen LogP contribution in [0.1, 0.15) is 115 Å². The topological polar surface area (TPSA) is 83.5 Å². The molecule has 0 saturated carbocycles. The Balaban J connectivity index is 1.53. The van der Waals surface area contributed by atoms with Crippen LogP contribution in [0.3, 0.4) is 0 Å². The monoisotopic (exact) mass is 555 g/mol. The zero-order chi connectivity index (χ0) is 28.2. The van der Waals surface area contributed by atoms with E-state index in [0.717, 1.165) is 18.4 Å². The Morgan fingerprint density at radius 1 is 0.692 bits per heavy atom. The average Bonchev–Trinajstić information content (AvgIpc) is 2.93. The molecule has 0 spiro atoms. The molecule has 2 aromatic rings. The molecule has 0 radical (unpaired) electrons. The van der Waals surface area contributed by atoms with Crippen LogP contribution in [-0.4, -0.2) is 25.2 Å². The van der Waals surface area contributed by atoms with E-state index >= 15 is 0 Å². The van der Waals surface area contributed by atoms with Gasteiger partial charge in [0.25, 0.3) is 0 Å². The molecule has 2 N–H and O–H groups in total. The molecule has 39 heavy (non-hydrogen) atoms. The molecule has 0 aromatic heterocycles. The molecule has 2 rings (SSSR count). The Morgan fingerprint density at radius 2 is 1.15 bits per heavy atom. The quantitative estimate of drug-likeness (QED) is 0.119. The average molecular weight is 556 g/mol. The highest BCUT2D eigenvalue weighted by Crippen LogP contribution is 2.18. The second-order valence-corrected chi connectivity index (χ2v) is 12.7. The van der Waals surface area contributed by atoms with E-state index in [9.17, 15) is 18.3 Å². The van der Waals surface area contributed by atoms with Crippen molar-refractivity contribution >= 4 is 27.5 Å². The second-order valence-electron chi connectivity index (χ2n) is 10.6. The summed E-state index contributed by atoms with van der Waals surface area (Å²) in [5, 5.41) is 12.0. The van der Waals surface area contributed by atoms with Gasteiger partial charge in [0.2, 0.25) is 5.91 Å². The molecule has 216 valence electrons. The van der Waals surface area contributed by atoms with E-state index in [1.807, 2.05) is 0 Å². The van der Waals surface area contributed by atoms with Crippen molar-refractivity contribution < 1.29 is 18.3 Å². The highest BCUT2D eigenvalue weighted by Gasteiger charge is 2.14. The predicted octanol–water partition coefficient (Wildman–Crippen LogP) is 9.08. The number of sulfone groups is 1. The molecule has 0 aliphatic rings. The first kappa shape index (κ1) is 32.6. The molecule has 5 nitrogen and oxygen atoms in total. The number of hydrogen-bond acceptors (Lipinski definition) is 4. The summed E-state index contributed by atoms with van der Waals surface area (Å²) in [5.41, 5.74) is 1.33. The van der Waals surface area contributed by atoms with E-state index in [2.05, 4.69) is 12.2 Å². The summed E-state index contributed by atoms with van der Waals surface area (Å²) >= 11 is 0. The first-order chi connectivity index (χ1) is 18.9. The molecule has 1 amide bonds. The number of aromatic hydroxyl groups is 1. The summed E-state index contributed by atoms with van der Waals surface area (Å²) < 4.78 is 25.4. The molecule has 0 saturated heterocycles. The summed E-state index contributed by atoms with van der Waals surface area (Å²) in [5.74, 6) is 0.0142. The van der Waals surface area contributed by atoms with E-state index in [-0.39, 0.29) is 17.4 Å². The minimum Gasteiger partial charge on any atom is -0.508 e. The van der Waals surface area contributed by atoms with Crippen molar-refractivity contribution in [3.8, 4) is 5.75 Å². The Labute approximate surface area is 237 Å². The Morgan fingerprint density at radius 3 is 1.64 bits per heavy atom. The maximum atomic E-state index is 12.7. The number of phenols is 1. The van der Waals surface area contributed by atoms with Gasteiger partial charge in [0, 0.05) is 11.8 Å². The van der Waals surface area contributed by atoms with Crippen LogP contribution >= 0.6 is 0 Å². The molecular weight excluding hydrogens is 506 g/mol. The highest BCUT2D eigenvalue weighted by atomic mass is 32.2. The zero-order valence-corrected chi connectivity index (χ0v) is 24.7. The van der Waals surface area contributed by atoms with Crippen LogP contribution in [0.2, 0.25) is 0 Å². The molecule has 0 unspecified atom stereocenters. The van der Waals surface area contributed by atoms with Crippen molar-refractivity contribution in [2.45, 2.75) is 115 Å². The summed E-state index contributed by atoms with van der Waals surface area (Å²) in [6, 6.07) is 12.9. The first-order valence-corrected chi connectivity index (χ1v) is 16.7. The van der Waals surface area contributed by atoms with Gasteiger partial charge in [0.05, 0.1) is 10.6 Å². The van der Waals surface area contributed by atoms with Crippen LogP contribution in [0.25, 0.3) is 6.08 Å². The van der Waals surface area contributed by atoms with Crippen LogP contribution < -0.4 is 5.32 Å². The van der Waals surface area contributed by atoms with Gasteiger partial charge in [-0.15, -0.1) is 0 Å². The molecular formula is C33H49NO4S. The van der Waals surface area contributed by atoms with E-state index < -0.39 is 9.84 Å². The lowest BCUT2D eigenvalue weighted by molar-refractivity contribution is -0.111. The van der Waals surface area contributed by atoms with Crippen molar-refractivity contribution in [2.75, 3.05) is 11.1 Å². The fraction of sp³-hybridized carbons (Fsp3) is 0.545. The standard InChI is InChI=1S/C33H49NO4S/c1-2-3-4-5-6-7-8-9-10-11-12-13-14-15-16-17-28-39(37,38)32-25-21-30(22-26-32)34-33(36)27-20-29-18-23-31(35)24-19-29/h18-27,35H,2-17,28H2,1H3,(H,34,36)/b27-20+. The number of amides is 1. The predicted molar refractivity (Wildman–Crippen MR) is 164 cm³/mol. The Hall–Kier alpha value is -2.60. The van der Waals surface area contributed by atoms with Crippen molar-refractivity contribution in [1.82, 2.24) is 0 Å². The Kier molecular flexibility index (Phi) is 16.3. The largest absolute Gasteiger partial charge is 0.508 e. The molecule has 0 bridgehead atoms. The number of hydrogen-bond donors (Lipinski definition) is 2. The summed E-state index contributed by atoms with van der Waals surface area (Å²) in [6.45, 7) is 2.26. The highest BCUT2D eigenvalue weighted by molar-refractivity contribution is 7.91. The van der Waals surface area contributed by atoms with Crippen molar-refractivity contribution in [2.24, 2.45) is 0 Å². The fourth-order valence-corrected chi connectivity index (χ4v) is 6.02. The number of carbonyl (C=O) groups is 1. The summed E-state index contributed by atoms with van der Waals surface area (Å²) in [7, 11) is -3.32. The lowest BCUT2D eigenvalue weighted by Gasteiger charge is -2.07. The smallest absolute Gasteiger partial charge is 0.248 e. The number of carbonyl (C=O) groups excluding carboxylic acids is 1. The van der Waals surface area contributed by atoms with Crippen LogP contribution in [-0.2, 0) is 14.6 Å². The SMILES string of the molecule is CCCCCCCCCCCCCCCCCCS(=O)(=O)c1ccc(NC(=O)/C=C/c2ccc(O)cc2)cc1. The minimum atomic E-state index is -3.32. The van der Waals surface area contributed by atoms with Gasteiger partial charge >= 0.3 is 0 Å². The van der Waals surface area contributed by atoms with Gasteiger partial charge in [-0.25, -0.2) is 8.42 Å². The lowest BCUT2D eigenvalue weighted by Crippen LogP contribution is -2.09. The molecule has 2 aromatic carbocycles. The molecule has 0 aliphatic heterocycles. The molecule has 0 fully saturated rings. The number of rotatable bonds is 21. The van der Waals surface area contributed by atoms with Gasteiger partial charge in [-0.05, 0) is 54.5 Å². The van der Waals surface area contributed by atoms with Crippen LogP contribution in [0.15, 0.2) is 59.5 Å². The van der Waals surface area contributed by atoms with Crippen LogP contribution in [0.4, 0.5) is 5.69 Å². The number of anilines is 1. The van der Waals surface area contributed by atoms with Gasteiger partial charge in [-0.1, -0.05) is 115 Å². The third-order valence-corrected chi connectivity index (χ3v) is 8.88. The van der Waals surface area contributed by atoms with Gasteiger partial charge in [0.15, 0.2) is 9.84 Å². The third-order valence-electron chi connectivity index (χ3n) is 7.07. The summed E-state index contributed by atoms with van der Waals surface area (Å²) in [4.78, 5) is 12.4. The van der Waals surface area contributed by atoms with Gasteiger partial charge in [0.1, 0.15) is 5.75 Å². The number of unbranched alkanes of at least 4 members (excludes halogenated alkanes) is 15. The first-order valence-electron chi connectivity index (χ1n) is 15.0. The number of benzene rings is 2. The van der Waals surface area contributed by atoms with Crippen molar-refractivity contribution in [3.63, 3.8) is 0 Å². The van der Waals surface area contributed by atoms with Crippen molar-refractivity contribution in [1.29, 1.82) is 0 Å². The summed E-state index contributed by atoms with van der Waals surface area (Å²) in [6.07, 6.45) is 23.2. The van der Waals surface area contributed by atoms with E-state index in [0.29, 0.717) is 17.0 Å². The van der Waals surface area contributed by atoms with E-state index in [1.165, 1.54) is 89.5 Å². The number of nitrogens with one attached hydrogen (secondary N) is 1. The molecule has 6 heteroatoms.